The molecule has 0 heterocycles. The maximum atomic E-state index is 10.5. The fourth-order valence-electron chi connectivity index (χ4n) is 0.871. The van der Waals surface area contributed by atoms with E-state index in [4.69, 9.17) is 6.48 Å². The highest BCUT2D eigenvalue weighted by Gasteiger charge is 1.89. The maximum Gasteiger partial charge on any atom is 0.302 e. The first-order chi connectivity index (χ1) is 7.08. The Balaban J connectivity index is 2.57. The highest BCUT2D eigenvalue weighted by atomic mass is 16.5. The molecule has 1 aromatic rings. The second-order valence-corrected chi connectivity index (χ2v) is 2.70. The fraction of sp³-hybridized carbons (Fsp3) is 0.182. The first-order valence-corrected chi connectivity index (χ1v) is 4.14. The summed E-state index contributed by atoms with van der Waals surface area (Å²) in [5.74, 6) is -0.292. The van der Waals surface area contributed by atoms with Gasteiger partial charge in [0.2, 0.25) is 0 Å². The Kier molecular flexibility index (Phi) is 3.19. The molecule has 1 aromatic carbocycles. The minimum Gasteiger partial charge on any atom is -0.508 e. The summed E-state index contributed by atoms with van der Waals surface area (Å²) in [6.07, 6.45) is 3.10. The van der Waals surface area contributed by atoms with Crippen LogP contribution in [0.4, 0.5) is 0 Å². The highest BCUT2D eigenvalue weighted by Crippen LogP contribution is 2.10. The van der Waals surface area contributed by atoms with Crippen LogP contribution in [0.2, 0.25) is 0 Å². The second kappa shape index (κ2) is 5.07. The molecule has 3 heteroatoms. The Morgan fingerprint density at radius 2 is 2.21 bits per heavy atom. The van der Waals surface area contributed by atoms with E-state index in [1.54, 1.807) is 30.3 Å². The summed E-state index contributed by atoms with van der Waals surface area (Å²) in [5.41, 5.74) is 0.831. The van der Waals surface area contributed by atoms with Gasteiger partial charge in [-0.2, -0.15) is 0 Å². The molecular weight excluding hydrogens is 180 g/mol. The third-order valence-corrected chi connectivity index (χ3v) is 1.49. The summed E-state index contributed by atoms with van der Waals surface area (Å²) in [6.45, 7) is 0.270. The SMILES string of the molecule is [3H]C(/C=C/c1ccc(O)cc1)OC(C)=O. The van der Waals surface area contributed by atoms with Crippen LogP contribution in [0, 0.1) is 0 Å². The number of ether oxygens (including phenoxy) is 1. The first kappa shape index (κ1) is 8.81. The molecule has 3 nitrogen and oxygen atoms in total. The summed E-state index contributed by atoms with van der Waals surface area (Å²) >= 11 is 0. The van der Waals surface area contributed by atoms with Gasteiger partial charge in [-0.3, -0.25) is 4.79 Å². The molecule has 0 saturated heterocycles. The molecule has 14 heavy (non-hydrogen) atoms. The molecule has 1 N–H and O–H groups in total. The zero-order valence-corrected chi connectivity index (χ0v) is 7.81. The fourth-order valence-corrected chi connectivity index (χ4v) is 0.871. The maximum absolute atomic E-state index is 10.5. The Labute approximate surface area is 84.0 Å². The molecular formula is C11H12O3. The largest absolute Gasteiger partial charge is 0.508 e. The first-order valence-electron chi connectivity index (χ1n) is 4.72. The van der Waals surface area contributed by atoms with Gasteiger partial charge in [0.1, 0.15) is 12.3 Å². The zero-order chi connectivity index (χ0) is 11.3. The standard InChI is InChI=1S/C11H12O3/c1-9(12)14-8-2-3-10-4-6-11(13)7-5-10/h2-7,13H,8H2,1H3/b3-2+/i8T. The van der Waals surface area contributed by atoms with Crippen LogP contribution in [0.5, 0.6) is 5.75 Å². The third kappa shape index (κ3) is 3.76. The highest BCUT2D eigenvalue weighted by molar-refractivity contribution is 5.66. The Morgan fingerprint density at radius 3 is 2.79 bits per heavy atom. The average Bonchev–Trinajstić information content (AvgIpc) is 2.16. The van der Waals surface area contributed by atoms with Gasteiger partial charge in [0.15, 0.2) is 0 Å². The summed E-state index contributed by atoms with van der Waals surface area (Å²) in [4.78, 5) is 10.5. The minimum atomic E-state index is -0.990. The Morgan fingerprint density at radius 1 is 1.57 bits per heavy atom. The average molecular weight is 194 g/mol. The van der Waals surface area contributed by atoms with Crippen LogP contribution >= 0.6 is 0 Å². The van der Waals surface area contributed by atoms with E-state index < -0.39 is 12.6 Å². The van der Waals surface area contributed by atoms with Crippen LogP contribution in [0.3, 0.4) is 0 Å². The van der Waals surface area contributed by atoms with Crippen molar-refractivity contribution in [2.75, 3.05) is 6.58 Å². The van der Waals surface area contributed by atoms with E-state index in [-0.39, 0.29) is 5.75 Å². The molecule has 0 fully saturated rings. The number of carbonyl (C=O) groups is 1. The number of esters is 1. The van der Waals surface area contributed by atoms with Gasteiger partial charge in [-0.05, 0) is 23.8 Å². The van der Waals surface area contributed by atoms with E-state index in [1.165, 1.54) is 13.0 Å². The Bertz CT molecular complexity index is 357. The van der Waals surface area contributed by atoms with Crippen molar-refractivity contribution in [3.8, 4) is 5.75 Å². The van der Waals surface area contributed by atoms with Crippen molar-refractivity contribution in [2.24, 2.45) is 0 Å². The van der Waals surface area contributed by atoms with E-state index in [0.29, 0.717) is 0 Å². The number of benzene rings is 1. The van der Waals surface area contributed by atoms with Crippen molar-refractivity contribution in [1.82, 2.24) is 0 Å². The quantitative estimate of drug-likeness (QED) is 0.748. The summed E-state index contributed by atoms with van der Waals surface area (Å²) in [6, 6.07) is 6.49. The number of carbonyl (C=O) groups excluding carboxylic acids is 1. The van der Waals surface area contributed by atoms with E-state index in [2.05, 4.69) is 4.74 Å². The van der Waals surface area contributed by atoms with E-state index in [0.717, 1.165) is 5.56 Å². The monoisotopic (exact) mass is 194 g/mol. The molecule has 0 spiro atoms. The molecule has 1 unspecified atom stereocenters. The number of phenolic OH excluding ortho intramolecular Hbond substituents is 1. The number of aromatic hydroxyl groups is 1. The van der Waals surface area contributed by atoms with Gasteiger partial charge >= 0.3 is 5.97 Å². The predicted molar refractivity (Wildman–Crippen MR) is 53.8 cm³/mol. The molecule has 0 amide bonds. The summed E-state index contributed by atoms with van der Waals surface area (Å²) < 4.78 is 11.9. The smallest absolute Gasteiger partial charge is 0.302 e. The molecule has 0 aromatic heterocycles. The lowest BCUT2D eigenvalue weighted by molar-refractivity contribution is -0.139. The van der Waals surface area contributed by atoms with Crippen LogP contribution in [0.25, 0.3) is 6.08 Å². The third-order valence-electron chi connectivity index (χ3n) is 1.49. The minimum absolute atomic E-state index is 0.189. The molecule has 0 aliphatic rings. The molecule has 1 atom stereocenters. The topological polar surface area (TPSA) is 46.5 Å². The lowest BCUT2D eigenvalue weighted by Gasteiger charge is -1.96. The molecule has 0 aliphatic carbocycles. The summed E-state index contributed by atoms with van der Waals surface area (Å²) in [7, 11) is 0. The molecule has 0 aliphatic heterocycles. The molecule has 0 radical (unpaired) electrons. The van der Waals surface area contributed by atoms with Crippen molar-refractivity contribution in [1.29, 1.82) is 0 Å². The number of phenols is 1. The van der Waals surface area contributed by atoms with Gasteiger partial charge in [0.05, 0.1) is 1.37 Å². The lowest BCUT2D eigenvalue weighted by Crippen LogP contribution is -1.97. The number of rotatable bonds is 3. The van der Waals surface area contributed by atoms with Crippen LogP contribution in [-0.2, 0) is 9.53 Å². The van der Waals surface area contributed by atoms with Crippen molar-refractivity contribution in [2.45, 2.75) is 6.92 Å². The van der Waals surface area contributed by atoms with Crippen molar-refractivity contribution in [3.63, 3.8) is 0 Å². The zero-order valence-electron chi connectivity index (χ0n) is 8.81. The van der Waals surface area contributed by atoms with Gasteiger partial charge in [-0.15, -0.1) is 0 Å². The second-order valence-electron chi connectivity index (χ2n) is 2.70. The number of hydrogen-bond donors (Lipinski definition) is 1. The molecule has 0 bridgehead atoms. The summed E-state index contributed by atoms with van der Waals surface area (Å²) in [5, 5.41) is 9.02. The Hall–Kier alpha value is -1.77. The van der Waals surface area contributed by atoms with Gasteiger partial charge < -0.3 is 9.84 Å². The van der Waals surface area contributed by atoms with Crippen molar-refractivity contribution in [3.05, 3.63) is 35.9 Å². The van der Waals surface area contributed by atoms with Crippen molar-refractivity contribution >= 4 is 12.0 Å². The van der Waals surface area contributed by atoms with Crippen molar-refractivity contribution < 1.29 is 16.0 Å². The van der Waals surface area contributed by atoms with Gasteiger partial charge in [-0.1, -0.05) is 18.2 Å². The van der Waals surface area contributed by atoms with Gasteiger partial charge in [-0.25, -0.2) is 0 Å². The molecule has 1 rings (SSSR count). The van der Waals surface area contributed by atoms with E-state index >= 15 is 0 Å². The van der Waals surface area contributed by atoms with E-state index in [9.17, 15) is 4.79 Å². The van der Waals surface area contributed by atoms with Crippen LogP contribution < -0.4 is 0 Å². The van der Waals surface area contributed by atoms with Gasteiger partial charge in [0.25, 0.3) is 0 Å². The molecule has 0 saturated carbocycles. The van der Waals surface area contributed by atoms with Crippen LogP contribution in [0.15, 0.2) is 30.3 Å². The van der Waals surface area contributed by atoms with Crippen LogP contribution in [0.1, 0.15) is 13.9 Å². The number of hydrogen-bond acceptors (Lipinski definition) is 3. The normalized spacial score (nSPS) is 13.6. The van der Waals surface area contributed by atoms with Crippen LogP contribution in [-0.4, -0.2) is 17.7 Å². The van der Waals surface area contributed by atoms with Gasteiger partial charge in [0, 0.05) is 6.92 Å². The predicted octanol–water partition coefficient (Wildman–Crippen LogP) is 1.97. The lowest BCUT2D eigenvalue weighted by atomic mass is 10.2. The van der Waals surface area contributed by atoms with E-state index in [1.807, 2.05) is 0 Å². The molecule has 74 valence electrons.